The van der Waals surface area contributed by atoms with Gasteiger partial charge in [-0.3, -0.25) is 18.6 Å². The van der Waals surface area contributed by atoms with Crippen LogP contribution in [0.1, 0.15) is 245 Å². The molecule has 3 N–H and O–H groups in total. The molecule has 0 aliphatic heterocycles. The molecule has 0 aliphatic carbocycles. The Morgan fingerprint density at radius 3 is 1.18 bits per heavy atom. The molecule has 0 aliphatic rings. The van der Waals surface area contributed by atoms with E-state index in [0.29, 0.717) is 12.8 Å². The molecule has 0 rings (SSSR count). The molecule has 55 heavy (non-hydrogen) atoms. The summed E-state index contributed by atoms with van der Waals surface area (Å²) in [6, 6.07) is 0. The molecule has 0 aromatic rings. The number of carbonyl (C=O) groups excluding carboxylic acids is 2. The predicted molar refractivity (Wildman–Crippen MR) is 229 cm³/mol. The lowest BCUT2D eigenvalue weighted by Gasteiger charge is -2.15. The molecule has 0 bridgehead atoms. The Kier molecular flexibility index (Phi) is 41.8. The van der Waals surface area contributed by atoms with Crippen molar-refractivity contribution in [1.29, 1.82) is 0 Å². The highest BCUT2D eigenvalue weighted by atomic mass is 31.2. The summed E-state index contributed by atoms with van der Waals surface area (Å²) in [5, 5.41) is 12.7. The number of carbonyl (C=O) groups is 2. The van der Waals surface area contributed by atoms with Gasteiger partial charge in [0.2, 0.25) is 5.91 Å². The Bertz CT molecular complexity index is 876. The average Bonchev–Trinajstić information content (AvgIpc) is 3.17. The van der Waals surface area contributed by atoms with Gasteiger partial charge < -0.3 is 20.1 Å². The normalized spacial score (nSPS) is 13.2. The molecule has 0 aromatic carbocycles. The predicted octanol–water partition coefficient (Wildman–Crippen LogP) is 13.2. The number of phosphoric ester groups is 1. The van der Waals surface area contributed by atoms with Crippen LogP contribution < -0.4 is 5.32 Å². The van der Waals surface area contributed by atoms with Crippen molar-refractivity contribution in [3.63, 3.8) is 0 Å². The van der Waals surface area contributed by atoms with Crippen LogP contribution in [0.15, 0.2) is 0 Å². The fraction of sp³-hybridized carbons (Fsp3) is 0.956. The maximum Gasteiger partial charge on any atom is 0.472 e. The molecule has 0 aromatic heterocycles. The largest absolute Gasteiger partial charge is 0.472 e. The quantitative estimate of drug-likeness (QED) is 0.0315. The fourth-order valence-electron chi connectivity index (χ4n) is 6.97. The zero-order valence-electron chi connectivity index (χ0n) is 36.2. The van der Waals surface area contributed by atoms with Crippen LogP contribution in [-0.4, -0.2) is 54.3 Å². The molecule has 9 nitrogen and oxygen atoms in total. The summed E-state index contributed by atoms with van der Waals surface area (Å²) >= 11 is 0. The summed E-state index contributed by atoms with van der Waals surface area (Å²) in [5.41, 5.74) is 0. The molecule has 1 amide bonds. The van der Waals surface area contributed by atoms with Gasteiger partial charge in [0.25, 0.3) is 0 Å². The average molecular weight is 804 g/mol. The van der Waals surface area contributed by atoms with Crippen molar-refractivity contribution in [2.24, 2.45) is 0 Å². The SMILES string of the molecule is CCCCCCCCCCCCCCCCCCCCCCCCCCC(=O)OCC(O)COP(=O)(O)OCCNC(=O)CCCCCCCCCCCC. The number of phosphoric acid groups is 1. The minimum atomic E-state index is -4.41. The van der Waals surface area contributed by atoms with Gasteiger partial charge in [-0.05, 0) is 12.8 Å². The summed E-state index contributed by atoms with van der Waals surface area (Å²) in [6.45, 7) is 3.58. The van der Waals surface area contributed by atoms with Gasteiger partial charge in [0.1, 0.15) is 12.7 Å². The lowest BCUT2D eigenvalue weighted by Crippen LogP contribution is -2.27. The van der Waals surface area contributed by atoms with Gasteiger partial charge in [-0.1, -0.05) is 219 Å². The highest BCUT2D eigenvalue weighted by Crippen LogP contribution is 2.42. The number of hydrogen-bond donors (Lipinski definition) is 3. The first-order valence-corrected chi connectivity index (χ1v) is 25.0. The van der Waals surface area contributed by atoms with E-state index in [1.54, 1.807) is 0 Å². The van der Waals surface area contributed by atoms with Gasteiger partial charge in [-0.15, -0.1) is 0 Å². The number of nitrogens with one attached hydrogen (secondary N) is 1. The van der Waals surface area contributed by atoms with Crippen molar-refractivity contribution in [3.05, 3.63) is 0 Å². The lowest BCUT2D eigenvalue weighted by molar-refractivity contribution is -0.147. The first kappa shape index (κ1) is 54.0. The van der Waals surface area contributed by atoms with E-state index in [-0.39, 0.29) is 25.7 Å². The van der Waals surface area contributed by atoms with E-state index in [9.17, 15) is 24.2 Å². The molecule has 0 spiro atoms. The van der Waals surface area contributed by atoms with Crippen LogP contribution in [0.2, 0.25) is 0 Å². The van der Waals surface area contributed by atoms with Crippen LogP contribution in [0, 0.1) is 0 Å². The number of rotatable bonds is 45. The van der Waals surface area contributed by atoms with E-state index >= 15 is 0 Å². The Morgan fingerprint density at radius 2 is 0.818 bits per heavy atom. The zero-order chi connectivity index (χ0) is 40.3. The second kappa shape index (κ2) is 42.6. The van der Waals surface area contributed by atoms with Gasteiger partial charge >= 0.3 is 13.8 Å². The molecule has 0 radical (unpaired) electrons. The molecule has 2 atom stereocenters. The molecule has 10 heteroatoms. The minimum absolute atomic E-state index is 0.0876. The van der Waals surface area contributed by atoms with Crippen LogP contribution in [0.4, 0.5) is 0 Å². The Labute approximate surface area is 339 Å². The fourth-order valence-corrected chi connectivity index (χ4v) is 7.73. The Hall–Kier alpha value is -0.990. The molecule has 2 unspecified atom stereocenters. The van der Waals surface area contributed by atoms with Crippen LogP contribution in [0.25, 0.3) is 0 Å². The van der Waals surface area contributed by atoms with Crippen molar-refractivity contribution < 1.29 is 37.9 Å². The minimum Gasteiger partial charge on any atom is -0.463 e. The number of hydrogen-bond acceptors (Lipinski definition) is 7. The summed E-state index contributed by atoms with van der Waals surface area (Å²) in [5.74, 6) is -0.505. The summed E-state index contributed by atoms with van der Waals surface area (Å²) in [4.78, 5) is 33.9. The number of ether oxygens (including phenoxy) is 1. The number of aliphatic hydroxyl groups is 1. The van der Waals surface area contributed by atoms with Crippen LogP contribution in [0.3, 0.4) is 0 Å². The summed E-state index contributed by atoms with van der Waals surface area (Å²) in [6.07, 6.45) is 43.4. The van der Waals surface area contributed by atoms with Crippen LogP contribution in [-0.2, 0) is 27.9 Å². The van der Waals surface area contributed by atoms with Gasteiger partial charge in [-0.2, -0.15) is 0 Å². The van der Waals surface area contributed by atoms with Crippen molar-refractivity contribution in [1.82, 2.24) is 5.32 Å². The van der Waals surface area contributed by atoms with Crippen LogP contribution >= 0.6 is 7.82 Å². The standard InChI is InChI=1S/C45H90NO8P/c1-3-5-7-9-11-13-15-16-17-18-19-20-21-22-23-24-25-26-27-28-30-32-34-36-38-45(49)52-41-43(47)42-54-55(50,51)53-40-39-46-44(48)37-35-33-31-29-14-12-10-8-6-4-2/h43,47H,3-42H2,1-2H3,(H,46,48)(H,50,51). The molecule has 0 heterocycles. The highest BCUT2D eigenvalue weighted by Gasteiger charge is 2.23. The Morgan fingerprint density at radius 1 is 0.491 bits per heavy atom. The molecule has 0 saturated carbocycles. The third-order valence-corrected chi connectivity index (χ3v) is 11.5. The number of unbranched alkanes of at least 4 members (excludes halogenated alkanes) is 32. The first-order chi connectivity index (χ1) is 26.8. The van der Waals surface area contributed by atoms with Crippen molar-refractivity contribution >= 4 is 19.7 Å². The zero-order valence-corrected chi connectivity index (χ0v) is 37.0. The second-order valence-corrected chi connectivity index (χ2v) is 17.6. The van der Waals surface area contributed by atoms with E-state index in [1.807, 2.05) is 0 Å². The smallest absolute Gasteiger partial charge is 0.463 e. The van der Waals surface area contributed by atoms with Gasteiger partial charge in [0.15, 0.2) is 0 Å². The molecule has 0 saturated heterocycles. The van der Waals surface area contributed by atoms with E-state index < -0.39 is 26.5 Å². The summed E-state index contributed by atoms with van der Waals surface area (Å²) < 4.78 is 26.9. The lowest BCUT2D eigenvalue weighted by atomic mass is 10.0. The van der Waals surface area contributed by atoms with Crippen molar-refractivity contribution in [2.45, 2.75) is 251 Å². The molecular formula is C45H90NO8P. The number of aliphatic hydroxyl groups excluding tert-OH is 1. The third kappa shape index (κ3) is 44.0. The molecule has 328 valence electrons. The van der Waals surface area contributed by atoms with E-state index in [1.165, 1.54) is 180 Å². The third-order valence-electron chi connectivity index (χ3n) is 10.5. The van der Waals surface area contributed by atoms with Gasteiger partial charge in [0, 0.05) is 19.4 Å². The number of esters is 1. The van der Waals surface area contributed by atoms with E-state index in [0.717, 1.165) is 38.5 Å². The Balaban J connectivity index is 3.48. The topological polar surface area (TPSA) is 131 Å². The summed E-state index contributed by atoms with van der Waals surface area (Å²) in [7, 11) is -4.41. The van der Waals surface area contributed by atoms with E-state index in [2.05, 4.69) is 19.2 Å². The maximum absolute atomic E-state index is 12.1. The van der Waals surface area contributed by atoms with Crippen LogP contribution in [0.5, 0.6) is 0 Å². The van der Waals surface area contributed by atoms with Gasteiger partial charge in [-0.25, -0.2) is 4.57 Å². The van der Waals surface area contributed by atoms with Gasteiger partial charge in [0.05, 0.1) is 13.2 Å². The monoisotopic (exact) mass is 804 g/mol. The number of amides is 1. The van der Waals surface area contributed by atoms with E-state index in [4.69, 9.17) is 13.8 Å². The maximum atomic E-state index is 12.1. The molecule has 0 fully saturated rings. The highest BCUT2D eigenvalue weighted by molar-refractivity contribution is 7.47. The molecular weight excluding hydrogens is 713 g/mol. The first-order valence-electron chi connectivity index (χ1n) is 23.5. The second-order valence-electron chi connectivity index (χ2n) is 16.1. The van der Waals surface area contributed by atoms with Crippen molar-refractivity contribution in [2.75, 3.05) is 26.4 Å². The van der Waals surface area contributed by atoms with Crippen molar-refractivity contribution in [3.8, 4) is 0 Å².